The molecule has 32 heavy (non-hydrogen) atoms. The molecule has 1 aliphatic rings. The summed E-state index contributed by atoms with van der Waals surface area (Å²) < 4.78 is 21.7. The van der Waals surface area contributed by atoms with Crippen molar-refractivity contribution in [2.75, 3.05) is 53.5 Å². The van der Waals surface area contributed by atoms with Crippen molar-refractivity contribution in [1.29, 1.82) is 0 Å². The number of anilines is 1. The molecule has 2 aromatic rings. The molecule has 0 aromatic heterocycles. The van der Waals surface area contributed by atoms with Gasteiger partial charge in [0.1, 0.15) is 11.5 Å². The molecule has 1 unspecified atom stereocenters. The van der Waals surface area contributed by atoms with Crippen molar-refractivity contribution in [2.24, 2.45) is 4.99 Å². The summed E-state index contributed by atoms with van der Waals surface area (Å²) >= 11 is 0. The van der Waals surface area contributed by atoms with Crippen molar-refractivity contribution in [3.05, 3.63) is 42.0 Å². The van der Waals surface area contributed by atoms with Crippen molar-refractivity contribution in [3.63, 3.8) is 0 Å². The smallest absolute Gasteiger partial charge is 0.191 e. The van der Waals surface area contributed by atoms with E-state index in [1.807, 2.05) is 36.4 Å². The van der Waals surface area contributed by atoms with Gasteiger partial charge < -0.3 is 34.5 Å². The van der Waals surface area contributed by atoms with Gasteiger partial charge in [-0.1, -0.05) is 12.1 Å². The van der Waals surface area contributed by atoms with Crippen molar-refractivity contribution in [2.45, 2.75) is 19.0 Å². The predicted octanol–water partition coefficient (Wildman–Crippen LogP) is 3.28. The van der Waals surface area contributed by atoms with Crippen LogP contribution >= 0.6 is 24.0 Å². The maximum absolute atomic E-state index is 5.52. The highest BCUT2D eigenvalue weighted by Gasteiger charge is 2.24. The molecule has 1 aliphatic heterocycles. The lowest BCUT2D eigenvalue weighted by molar-refractivity contribution is 0.351. The van der Waals surface area contributed by atoms with Gasteiger partial charge in [0.25, 0.3) is 0 Å². The third kappa shape index (κ3) is 6.24. The molecule has 176 valence electrons. The Bertz CT molecular complexity index is 887. The summed E-state index contributed by atoms with van der Waals surface area (Å²) in [6, 6.07) is 12.1. The second-order valence-electron chi connectivity index (χ2n) is 7.23. The Balaban J connectivity index is 0.00000363. The fourth-order valence-electron chi connectivity index (χ4n) is 3.75. The summed E-state index contributed by atoms with van der Waals surface area (Å²) in [5.74, 6) is 3.77. The van der Waals surface area contributed by atoms with Gasteiger partial charge in [0.05, 0.1) is 28.4 Å². The molecule has 0 bridgehead atoms. The van der Waals surface area contributed by atoms with Gasteiger partial charge in [0, 0.05) is 62.2 Å². The lowest BCUT2D eigenvalue weighted by Gasteiger charge is -2.22. The van der Waals surface area contributed by atoms with E-state index in [1.54, 1.807) is 35.5 Å². The standard InChI is InChI=1S/C23H32N4O4.HI/c1-24-23(25-14-16-7-6-8-21(30-4)22(16)31-5)26-17-9-10-27(15-17)18-11-19(28-2)13-20(12-18)29-3;/h6-8,11-13,17H,9-10,14-15H2,1-5H3,(H2,24,25,26);1H. The summed E-state index contributed by atoms with van der Waals surface area (Å²) in [5.41, 5.74) is 2.09. The number of nitrogens with one attached hydrogen (secondary N) is 2. The molecular weight excluding hydrogens is 523 g/mol. The number of guanidine groups is 1. The molecule has 0 radical (unpaired) electrons. The fraction of sp³-hybridized carbons (Fsp3) is 0.435. The Morgan fingerprint density at radius 2 is 1.75 bits per heavy atom. The van der Waals surface area contributed by atoms with Crippen molar-refractivity contribution >= 4 is 35.6 Å². The predicted molar refractivity (Wildman–Crippen MR) is 138 cm³/mol. The molecule has 2 aromatic carbocycles. The first-order valence-electron chi connectivity index (χ1n) is 10.3. The quantitative estimate of drug-likeness (QED) is 0.294. The van der Waals surface area contributed by atoms with Crippen LogP contribution < -0.4 is 34.5 Å². The van der Waals surface area contributed by atoms with E-state index in [-0.39, 0.29) is 30.0 Å². The highest BCUT2D eigenvalue weighted by molar-refractivity contribution is 14.0. The number of hydrogen-bond donors (Lipinski definition) is 2. The second kappa shape index (κ2) is 12.5. The number of nitrogens with zero attached hydrogens (tertiary/aromatic N) is 2. The van der Waals surface area contributed by atoms with Crippen LogP contribution in [0.2, 0.25) is 0 Å². The zero-order valence-corrected chi connectivity index (χ0v) is 21.6. The van der Waals surface area contributed by atoms with Gasteiger partial charge in [-0.05, 0) is 12.5 Å². The minimum absolute atomic E-state index is 0. The first-order chi connectivity index (χ1) is 15.1. The van der Waals surface area contributed by atoms with Gasteiger partial charge in [0.15, 0.2) is 17.5 Å². The number of para-hydroxylation sites is 1. The number of aliphatic imine (C=N–C) groups is 1. The van der Waals surface area contributed by atoms with Crippen LogP contribution in [0.1, 0.15) is 12.0 Å². The van der Waals surface area contributed by atoms with E-state index in [0.717, 1.165) is 54.0 Å². The first-order valence-corrected chi connectivity index (χ1v) is 10.3. The van der Waals surface area contributed by atoms with Crippen LogP contribution in [0.25, 0.3) is 0 Å². The number of hydrogen-bond acceptors (Lipinski definition) is 6. The highest BCUT2D eigenvalue weighted by Crippen LogP contribution is 2.31. The van der Waals surface area contributed by atoms with Crippen molar-refractivity contribution in [3.8, 4) is 23.0 Å². The topological polar surface area (TPSA) is 76.6 Å². The molecular formula is C23H33IN4O4. The Morgan fingerprint density at radius 3 is 2.34 bits per heavy atom. The summed E-state index contributed by atoms with van der Waals surface area (Å²) in [6.45, 7) is 2.37. The third-order valence-electron chi connectivity index (χ3n) is 5.38. The van der Waals surface area contributed by atoms with E-state index in [4.69, 9.17) is 18.9 Å². The Kier molecular flexibility index (Phi) is 10.0. The van der Waals surface area contributed by atoms with Crippen LogP contribution in [0.4, 0.5) is 5.69 Å². The second-order valence-corrected chi connectivity index (χ2v) is 7.23. The molecule has 0 amide bonds. The Labute approximate surface area is 207 Å². The normalized spacial score (nSPS) is 15.6. The summed E-state index contributed by atoms with van der Waals surface area (Å²) in [7, 11) is 8.39. The lowest BCUT2D eigenvalue weighted by Crippen LogP contribution is -2.44. The number of methoxy groups -OCH3 is 4. The third-order valence-corrected chi connectivity index (χ3v) is 5.38. The van der Waals surface area contributed by atoms with Crippen LogP contribution in [-0.4, -0.2) is 60.6 Å². The van der Waals surface area contributed by atoms with E-state index < -0.39 is 0 Å². The van der Waals surface area contributed by atoms with Gasteiger partial charge >= 0.3 is 0 Å². The van der Waals surface area contributed by atoms with E-state index >= 15 is 0 Å². The molecule has 1 saturated heterocycles. The minimum Gasteiger partial charge on any atom is -0.497 e. The molecule has 3 rings (SSSR count). The van der Waals surface area contributed by atoms with E-state index in [1.165, 1.54) is 0 Å². The highest BCUT2D eigenvalue weighted by atomic mass is 127. The fourth-order valence-corrected chi connectivity index (χ4v) is 3.75. The van der Waals surface area contributed by atoms with Gasteiger partial charge in [-0.15, -0.1) is 24.0 Å². The summed E-state index contributed by atoms with van der Waals surface area (Å²) in [6.07, 6.45) is 1.00. The molecule has 2 N–H and O–H groups in total. The zero-order valence-electron chi connectivity index (χ0n) is 19.3. The molecule has 1 heterocycles. The molecule has 8 nitrogen and oxygen atoms in total. The van der Waals surface area contributed by atoms with Gasteiger partial charge in [-0.2, -0.15) is 0 Å². The number of halogens is 1. The maximum atomic E-state index is 5.52. The number of rotatable bonds is 8. The largest absolute Gasteiger partial charge is 0.497 e. The molecule has 1 atom stereocenters. The zero-order chi connectivity index (χ0) is 22.2. The number of benzene rings is 2. The Morgan fingerprint density at radius 1 is 1.03 bits per heavy atom. The van der Waals surface area contributed by atoms with Crippen LogP contribution in [0.3, 0.4) is 0 Å². The van der Waals surface area contributed by atoms with E-state index in [0.29, 0.717) is 12.3 Å². The van der Waals surface area contributed by atoms with E-state index in [2.05, 4.69) is 20.5 Å². The lowest BCUT2D eigenvalue weighted by atomic mass is 10.2. The monoisotopic (exact) mass is 556 g/mol. The minimum atomic E-state index is 0. The SMILES string of the molecule is CN=C(NCc1cccc(OC)c1OC)NC1CCN(c2cc(OC)cc(OC)c2)C1.I. The van der Waals surface area contributed by atoms with Crippen molar-refractivity contribution < 1.29 is 18.9 Å². The van der Waals surface area contributed by atoms with Crippen LogP contribution in [0.15, 0.2) is 41.4 Å². The molecule has 0 saturated carbocycles. The van der Waals surface area contributed by atoms with Gasteiger partial charge in [0.2, 0.25) is 0 Å². The summed E-state index contributed by atoms with van der Waals surface area (Å²) in [4.78, 5) is 6.70. The van der Waals surface area contributed by atoms with Gasteiger partial charge in [-0.3, -0.25) is 4.99 Å². The summed E-state index contributed by atoms with van der Waals surface area (Å²) in [5, 5.41) is 6.90. The molecule has 0 aliphatic carbocycles. The van der Waals surface area contributed by atoms with Crippen LogP contribution in [-0.2, 0) is 6.54 Å². The molecule has 1 fully saturated rings. The number of ether oxygens (including phenoxy) is 4. The van der Waals surface area contributed by atoms with E-state index in [9.17, 15) is 0 Å². The average Bonchev–Trinajstić information content (AvgIpc) is 3.29. The molecule has 9 heteroatoms. The maximum Gasteiger partial charge on any atom is 0.191 e. The van der Waals surface area contributed by atoms with Crippen molar-refractivity contribution in [1.82, 2.24) is 10.6 Å². The van der Waals surface area contributed by atoms with Crippen LogP contribution in [0, 0.1) is 0 Å². The Hall–Kier alpha value is -2.56. The van der Waals surface area contributed by atoms with Gasteiger partial charge in [-0.25, -0.2) is 0 Å². The first kappa shape index (κ1) is 25.7. The molecule has 0 spiro atoms. The van der Waals surface area contributed by atoms with Crippen LogP contribution in [0.5, 0.6) is 23.0 Å². The average molecular weight is 556 g/mol.